The van der Waals surface area contributed by atoms with Crippen molar-refractivity contribution < 1.29 is 4.39 Å². The molecule has 0 aliphatic heterocycles. The van der Waals surface area contributed by atoms with Crippen LogP contribution >= 0.6 is 11.6 Å². The van der Waals surface area contributed by atoms with Gasteiger partial charge in [-0.25, -0.2) is 18.7 Å². The van der Waals surface area contributed by atoms with Gasteiger partial charge in [0.2, 0.25) is 0 Å². The van der Waals surface area contributed by atoms with Gasteiger partial charge in [0.05, 0.1) is 24.6 Å². The van der Waals surface area contributed by atoms with Gasteiger partial charge in [0.25, 0.3) is 5.56 Å². The number of hydrogen-bond donors (Lipinski definition) is 0. The molecule has 1 atom stereocenters. The topological polar surface area (TPSA) is 61.8 Å². The third-order valence-corrected chi connectivity index (χ3v) is 6.15. The van der Waals surface area contributed by atoms with Crippen LogP contribution in [0.5, 0.6) is 0 Å². The second kappa shape index (κ2) is 8.76. The van der Waals surface area contributed by atoms with Crippen molar-refractivity contribution in [3.05, 3.63) is 128 Å². The standard InChI is InChI=1S/C26H20ClFN4O2/c1-17(19-5-3-2-4-6-19)31-16-29-24-23(31)25(33)30(15-18-7-11-21(28)12-8-18)26(34)32(24)22-13-9-20(27)10-14-22/h2-14,16-17H,15H2,1H3. The number of nitrogens with zero attached hydrogens (tertiary/aromatic N) is 4. The first-order valence-corrected chi connectivity index (χ1v) is 11.1. The van der Waals surface area contributed by atoms with Gasteiger partial charge in [-0.2, -0.15) is 0 Å². The fraction of sp³-hybridized carbons (Fsp3) is 0.115. The Bertz CT molecular complexity index is 1590. The number of benzene rings is 3. The molecule has 0 bridgehead atoms. The predicted octanol–water partition coefficient (Wildman–Crippen LogP) is 4.80. The summed E-state index contributed by atoms with van der Waals surface area (Å²) in [6.07, 6.45) is 1.58. The van der Waals surface area contributed by atoms with Gasteiger partial charge in [-0.3, -0.25) is 9.36 Å². The van der Waals surface area contributed by atoms with Crippen LogP contribution in [0, 0.1) is 5.82 Å². The van der Waals surface area contributed by atoms with Crippen LogP contribution in [0.2, 0.25) is 5.02 Å². The highest BCUT2D eigenvalue weighted by atomic mass is 35.5. The molecule has 0 fully saturated rings. The summed E-state index contributed by atoms with van der Waals surface area (Å²) >= 11 is 6.05. The Hall–Kier alpha value is -3.97. The molecular formula is C26H20ClFN4O2. The second-order valence-corrected chi connectivity index (χ2v) is 8.46. The Kier molecular flexibility index (Phi) is 5.63. The number of rotatable bonds is 5. The number of fused-ring (bicyclic) bond motifs is 1. The van der Waals surface area contributed by atoms with Crippen molar-refractivity contribution in [2.75, 3.05) is 0 Å². The SMILES string of the molecule is CC(c1ccccc1)n1cnc2c1c(=O)n(Cc1ccc(F)cc1)c(=O)n2-c1ccc(Cl)cc1. The molecule has 1 unspecified atom stereocenters. The Morgan fingerprint density at radius 2 is 1.62 bits per heavy atom. The van der Waals surface area contributed by atoms with E-state index in [0.29, 0.717) is 21.8 Å². The van der Waals surface area contributed by atoms with Crippen molar-refractivity contribution in [1.82, 2.24) is 18.7 Å². The Labute approximate surface area is 199 Å². The highest BCUT2D eigenvalue weighted by Gasteiger charge is 2.22. The Balaban J connectivity index is 1.78. The van der Waals surface area contributed by atoms with Crippen molar-refractivity contribution >= 4 is 22.8 Å². The number of halogens is 2. The second-order valence-electron chi connectivity index (χ2n) is 8.02. The quantitative estimate of drug-likeness (QED) is 0.367. The number of aromatic nitrogens is 4. The van der Waals surface area contributed by atoms with Crippen LogP contribution in [0.1, 0.15) is 24.1 Å². The highest BCUT2D eigenvalue weighted by molar-refractivity contribution is 6.30. The number of imidazole rings is 1. The van der Waals surface area contributed by atoms with Gasteiger partial charge in [-0.05, 0) is 54.4 Å². The molecule has 5 rings (SSSR count). The van der Waals surface area contributed by atoms with E-state index in [4.69, 9.17) is 11.6 Å². The van der Waals surface area contributed by atoms with Crippen LogP contribution in [-0.4, -0.2) is 18.7 Å². The van der Waals surface area contributed by atoms with Gasteiger partial charge in [0.1, 0.15) is 5.82 Å². The summed E-state index contributed by atoms with van der Waals surface area (Å²) < 4.78 is 17.8. The molecule has 0 spiro atoms. The van der Waals surface area contributed by atoms with E-state index < -0.39 is 11.2 Å². The lowest BCUT2D eigenvalue weighted by atomic mass is 10.1. The van der Waals surface area contributed by atoms with Crippen LogP contribution in [-0.2, 0) is 6.54 Å². The molecule has 34 heavy (non-hydrogen) atoms. The van der Waals surface area contributed by atoms with Crippen molar-refractivity contribution in [2.24, 2.45) is 0 Å². The van der Waals surface area contributed by atoms with Crippen LogP contribution in [0.3, 0.4) is 0 Å². The smallest absolute Gasteiger partial charge is 0.317 e. The highest BCUT2D eigenvalue weighted by Crippen LogP contribution is 2.23. The lowest BCUT2D eigenvalue weighted by Gasteiger charge is -2.16. The molecule has 5 aromatic rings. The molecule has 0 saturated heterocycles. The zero-order chi connectivity index (χ0) is 23.8. The summed E-state index contributed by atoms with van der Waals surface area (Å²) in [6.45, 7) is 1.96. The first kappa shape index (κ1) is 21.9. The number of hydrogen-bond acceptors (Lipinski definition) is 3. The Morgan fingerprint density at radius 3 is 2.29 bits per heavy atom. The summed E-state index contributed by atoms with van der Waals surface area (Å²) in [5, 5.41) is 0.524. The molecule has 0 aliphatic carbocycles. The Morgan fingerprint density at radius 1 is 0.941 bits per heavy atom. The average Bonchev–Trinajstić information content (AvgIpc) is 3.29. The first-order chi connectivity index (χ1) is 16.4. The normalized spacial score (nSPS) is 12.2. The molecule has 0 saturated carbocycles. The molecule has 0 radical (unpaired) electrons. The summed E-state index contributed by atoms with van der Waals surface area (Å²) in [5.41, 5.74) is 1.71. The van der Waals surface area contributed by atoms with Gasteiger partial charge < -0.3 is 4.57 Å². The van der Waals surface area contributed by atoms with E-state index in [2.05, 4.69) is 4.98 Å². The van der Waals surface area contributed by atoms with Crippen molar-refractivity contribution in [2.45, 2.75) is 19.5 Å². The summed E-state index contributed by atoms with van der Waals surface area (Å²) in [5.74, 6) is -0.389. The minimum Gasteiger partial charge on any atom is -0.317 e. The van der Waals surface area contributed by atoms with Crippen molar-refractivity contribution in [1.29, 1.82) is 0 Å². The maximum absolute atomic E-state index is 13.7. The molecule has 0 amide bonds. The van der Waals surface area contributed by atoms with E-state index in [-0.39, 0.29) is 24.1 Å². The molecule has 0 N–H and O–H groups in total. The largest absolute Gasteiger partial charge is 0.337 e. The monoisotopic (exact) mass is 474 g/mol. The fourth-order valence-electron chi connectivity index (χ4n) is 4.07. The van der Waals surface area contributed by atoms with Gasteiger partial charge in [0.15, 0.2) is 11.2 Å². The van der Waals surface area contributed by atoms with Crippen molar-refractivity contribution in [3.63, 3.8) is 0 Å². The van der Waals surface area contributed by atoms with Crippen LogP contribution in [0.4, 0.5) is 4.39 Å². The predicted molar refractivity (Wildman–Crippen MR) is 130 cm³/mol. The lowest BCUT2D eigenvalue weighted by Crippen LogP contribution is -2.40. The average molecular weight is 475 g/mol. The van der Waals surface area contributed by atoms with Crippen LogP contribution < -0.4 is 11.2 Å². The zero-order valence-electron chi connectivity index (χ0n) is 18.2. The third kappa shape index (κ3) is 3.84. The van der Waals surface area contributed by atoms with E-state index in [1.165, 1.54) is 16.7 Å². The van der Waals surface area contributed by atoms with E-state index in [1.807, 2.05) is 37.3 Å². The van der Waals surface area contributed by atoms with Gasteiger partial charge >= 0.3 is 5.69 Å². The molecule has 0 aliphatic rings. The molecule has 6 nitrogen and oxygen atoms in total. The van der Waals surface area contributed by atoms with Gasteiger partial charge in [0, 0.05) is 5.02 Å². The van der Waals surface area contributed by atoms with Gasteiger partial charge in [-0.15, -0.1) is 0 Å². The third-order valence-electron chi connectivity index (χ3n) is 5.89. The fourth-order valence-corrected chi connectivity index (χ4v) is 4.19. The van der Waals surface area contributed by atoms with Gasteiger partial charge in [-0.1, -0.05) is 54.1 Å². The maximum Gasteiger partial charge on any atom is 0.337 e. The van der Waals surface area contributed by atoms with E-state index in [9.17, 15) is 14.0 Å². The molecule has 2 heterocycles. The molecular weight excluding hydrogens is 455 g/mol. The molecule has 8 heteroatoms. The maximum atomic E-state index is 13.7. The van der Waals surface area contributed by atoms with E-state index >= 15 is 0 Å². The van der Waals surface area contributed by atoms with Crippen molar-refractivity contribution in [3.8, 4) is 5.69 Å². The minimum atomic E-state index is -0.540. The summed E-state index contributed by atoms with van der Waals surface area (Å²) in [6, 6.07) is 22.0. The molecule has 170 valence electrons. The lowest BCUT2D eigenvalue weighted by molar-refractivity contribution is 0.623. The molecule has 3 aromatic carbocycles. The van der Waals surface area contributed by atoms with Crippen LogP contribution in [0.25, 0.3) is 16.9 Å². The summed E-state index contributed by atoms with van der Waals surface area (Å²) in [4.78, 5) is 31.7. The zero-order valence-corrected chi connectivity index (χ0v) is 19.0. The minimum absolute atomic E-state index is 0.00757. The first-order valence-electron chi connectivity index (χ1n) is 10.7. The summed E-state index contributed by atoms with van der Waals surface area (Å²) in [7, 11) is 0. The van der Waals surface area contributed by atoms with Crippen LogP contribution in [0.15, 0.2) is 94.8 Å². The van der Waals surface area contributed by atoms with E-state index in [0.717, 1.165) is 10.1 Å². The van der Waals surface area contributed by atoms with E-state index in [1.54, 1.807) is 47.3 Å². The molecule has 2 aromatic heterocycles.